The quantitative estimate of drug-likeness (QED) is 0.858. The van der Waals surface area contributed by atoms with E-state index in [1.165, 1.54) is 0 Å². The van der Waals surface area contributed by atoms with Crippen molar-refractivity contribution < 1.29 is 9.53 Å². The van der Waals surface area contributed by atoms with Gasteiger partial charge in [-0.25, -0.2) is 4.98 Å². The number of carbonyl (C=O) groups is 1. The maximum atomic E-state index is 11.8. The molecule has 0 bridgehead atoms. The predicted octanol–water partition coefficient (Wildman–Crippen LogP) is 1.26. The summed E-state index contributed by atoms with van der Waals surface area (Å²) in [5, 5.41) is 0. The van der Waals surface area contributed by atoms with E-state index < -0.39 is 0 Å². The molecule has 0 unspecified atom stereocenters. The van der Waals surface area contributed by atoms with E-state index in [-0.39, 0.29) is 11.5 Å². The molecule has 0 saturated carbocycles. The molecule has 1 aromatic heterocycles. The van der Waals surface area contributed by atoms with E-state index in [0.717, 1.165) is 44.6 Å². The highest BCUT2D eigenvalue weighted by Gasteiger charge is 2.35. The normalized spacial score (nSPS) is 23.2. The fourth-order valence-corrected chi connectivity index (χ4v) is 2.97. The average Bonchev–Trinajstić information content (AvgIpc) is 2.98. The fourth-order valence-electron chi connectivity index (χ4n) is 2.97. The molecule has 0 radical (unpaired) electrons. The number of piperidine rings is 1. The standard InChI is InChI=1S/C15H26N4O2/c1-18(2)14(20)5-7-15(21-3)6-4-8-19(11-15)10-13-9-16-12-17-13/h9,12H,4-8,10-11H2,1-3H3,(H,16,17)/t15-/m1/s1. The van der Waals surface area contributed by atoms with Gasteiger partial charge in [-0.15, -0.1) is 0 Å². The van der Waals surface area contributed by atoms with Crippen LogP contribution in [-0.2, 0) is 16.1 Å². The zero-order valence-corrected chi connectivity index (χ0v) is 13.3. The average molecular weight is 294 g/mol. The SMILES string of the molecule is CO[C@@]1(CCC(=O)N(C)C)CCCN(Cc2cnc[nH]2)C1. The van der Waals surface area contributed by atoms with Gasteiger partial charge in [-0.05, 0) is 25.8 Å². The minimum absolute atomic E-state index is 0.164. The van der Waals surface area contributed by atoms with Crippen LogP contribution in [0, 0.1) is 0 Å². The molecule has 1 amide bonds. The molecule has 6 nitrogen and oxygen atoms in total. The lowest BCUT2D eigenvalue weighted by molar-refractivity contribution is -0.132. The van der Waals surface area contributed by atoms with Crippen LogP contribution in [0.3, 0.4) is 0 Å². The molecule has 6 heteroatoms. The van der Waals surface area contributed by atoms with Crippen molar-refractivity contribution in [3.63, 3.8) is 0 Å². The molecular formula is C15H26N4O2. The lowest BCUT2D eigenvalue weighted by Gasteiger charge is -2.42. The Morgan fingerprint density at radius 1 is 1.57 bits per heavy atom. The molecule has 1 aliphatic heterocycles. The Bertz CT molecular complexity index is 447. The summed E-state index contributed by atoms with van der Waals surface area (Å²) in [6, 6.07) is 0. The van der Waals surface area contributed by atoms with Crippen molar-refractivity contribution in [1.29, 1.82) is 0 Å². The number of aromatic nitrogens is 2. The number of H-pyrrole nitrogens is 1. The fraction of sp³-hybridized carbons (Fsp3) is 0.733. The molecule has 1 saturated heterocycles. The maximum Gasteiger partial charge on any atom is 0.222 e. The number of hydrogen-bond acceptors (Lipinski definition) is 4. The van der Waals surface area contributed by atoms with Gasteiger partial charge >= 0.3 is 0 Å². The second kappa shape index (κ2) is 7.04. The van der Waals surface area contributed by atoms with Gasteiger partial charge in [0.25, 0.3) is 0 Å². The van der Waals surface area contributed by atoms with Gasteiger partial charge in [-0.2, -0.15) is 0 Å². The van der Waals surface area contributed by atoms with Crippen LogP contribution in [0.2, 0.25) is 0 Å². The third-order valence-corrected chi connectivity index (χ3v) is 4.29. The van der Waals surface area contributed by atoms with Crippen molar-refractivity contribution in [2.75, 3.05) is 34.3 Å². The number of ether oxygens (including phenoxy) is 1. The van der Waals surface area contributed by atoms with E-state index in [9.17, 15) is 4.79 Å². The van der Waals surface area contributed by atoms with Crippen LogP contribution in [-0.4, -0.2) is 65.6 Å². The Hall–Kier alpha value is -1.40. The van der Waals surface area contributed by atoms with Crippen LogP contribution in [0.4, 0.5) is 0 Å². The number of amides is 1. The van der Waals surface area contributed by atoms with Gasteiger partial charge in [0.05, 0.1) is 11.9 Å². The summed E-state index contributed by atoms with van der Waals surface area (Å²) < 4.78 is 5.82. The Balaban J connectivity index is 1.93. The first-order chi connectivity index (χ1) is 10.0. The molecule has 1 N–H and O–H groups in total. The first-order valence-electron chi connectivity index (χ1n) is 7.49. The van der Waals surface area contributed by atoms with E-state index in [1.54, 1.807) is 32.4 Å². The van der Waals surface area contributed by atoms with Crippen LogP contribution in [0.5, 0.6) is 0 Å². The third-order valence-electron chi connectivity index (χ3n) is 4.29. The second-order valence-corrected chi connectivity index (χ2v) is 6.07. The Labute approximate surface area is 126 Å². The molecule has 1 atom stereocenters. The highest BCUT2D eigenvalue weighted by Crippen LogP contribution is 2.30. The summed E-state index contributed by atoms with van der Waals surface area (Å²) in [7, 11) is 5.36. The first-order valence-corrected chi connectivity index (χ1v) is 7.49. The van der Waals surface area contributed by atoms with Crippen LogP contribution in [0.25, 0.3) is 0 Å². The number of methoxy groups -OCH3 is 1. The van der Waals surface area contributed by atoms with Crippen molar-refractivity contribution in [1.82, 2.24) is 19.8 Å². The molecule has 0 aromatic carbocycles. The lowest BCUT2D eigenvalue weighted by atomic mass is 9.87. The van der Waals surface area contributed by atoms with Gasteiger partial charge in [0.15, 0.2) is 0 Å². The van der Waals surface area contributed by atoms with Gasteiger partial charge in [-0.3, -0.25) is 9.69 Å². The topological polar surface area (TPSA) is 61.5 Å². The van der Waals surface area contributed by atoms with Crippen molar-refractivity contribution >= 4 is 5.91 Å². The molecule has 21 heavy (non-hydrogen) atoms. The van der Waals surface area contributed by atoms with Crippen molar-refractivity contribution in [2.45, 2.75) is 37.8 Å². The van der Waals surface area contributed by atoms with Crippen LogP contribution >= 0.6 is 0 Å². The molecule has 2 rings (SSSR count). The number of aromatic amines is 1. The molecular weight excluding hydrogens is 268 g/mol. The largest absolute Gasteiger partial charge is 0.377 e. The summed E-state index contributed by atoms with van der Waals surface area (Å²) in [5.74, 6) is 0.164. The van der Waals surface area contributed by atoms with Gasteiger partial charge in [0.2, 0.25) is 5.91 Å². The van der Waals surface area contributed by atoms with E-state index in [4.69, 9.17) is 4.74 Å². The molecule has 1 aromatic rings. The van der Waals surface area contributed by atoms with Gasteiger partial charge in [-0.1, -0.05) is 0 Å². The number of carbonyl (C=O) groups excluding carboxylic acids is 1. The van der Waals surface area contributed by atoms with Crippen molar-refractivity contribution in [3.05, 3.63) is 18.2 Å². The Morgan fingerprint density at radius 2 is 2.38 bits per heavy atom. The van der Waals surface area contributed by atoms with E-state index in [0.29, 0.717) is 6.42 Å². The summed E-state index contributed by atoms with van der Waals surface area (Å²) in [5.41, 5.74) is 0.912. The highest BCUT2D eigenvalue weighted by molar-refractivity contribution is 5.75. The van der Waals surface area contributed by atoms with E-state index in [2.05, 4.69) is 14.9 Å². The molecule has 0 spiro atoms. The summed E-state index contributed by atoms with van der Waals surface area (Å²) in [6.07, 6.45) is 7.00. The zero-order valence-electron chi connectivity index (χ0n) is 13.3. The van der Waals surface area contributed by atoms with Crippen molar-refractivity contribution in [3.8, 4) is 0 Å². The molecule has 0 aliphatic carbocycles. The summed E-state index contributed by atoms with van der Waals surface area (Å²) in [6.45, 7) is 2.78. The summed E-state index contributed by atoms with van der Waals surface area (Å²) >= 11 is 0. The lowest BCUT2D eigenvalue weighted by Crippen LogP contribution is -2.49. The van der Waals surface area contributed by atoms with Gasteiger partial charge in [0.1, 0.15) is 0 Å². The molecule has 2 heterocycles. The zero-order chi connectivity index (χ0) is 15.3. The van der Waals surface area contributed by atoms with Gasteiger partial charge in [0, 0.05) is 52.6 Å². The smallest absolute Gasteiger partial charge is 0.222 e. The molecule has 1 fully saturated rings. The molecule has 118 valence electrons. The van der Waals surface area contributed by atoms with Crippen molar-refractivity contribution in [2.24, 2.45) is 0 Å². The molecule has 1 aliphatic rings. The number of nitrogens with one attached hydrogen (secondary N) is 1. The van der Waals surface area contributed by atoms with Gasteiger partial charge < -0.3 is 14.6 Å². The minimum Gasteiger partial charge on any atom is -0.377 e. The first kappa shape index (κ1) is 16.0. The minimum atomic E-state index is -0.204. The third kappa shape index (κ3) is 4.28. The number of rotatable bonds is 6. The highest BCUT2D eigenvalue weighted by atomic mass is 16.5. The number of likely N-dealkylation sites (tertiary alicyclic amines) is 1. The predicted molar refractivity (Wildman–Crippen MR) is 80.8 cm³/mol. The van der Waals surface area contributed by atoms with Crippen LogP contribution in [0.15, 0.2) is 12.5 Å². The Morgan fingerprint density at radius 3 is 3.00 bits per heavy atom. The summed E-state index contributed by atoms with van der Waals surface area (Å²) in [4.78, 5) is 23.0. The number of imidazole rings is 1. The van der Waals surface area contributed by atoms with E-state index >= 15 is 0 Å². The van der Waals surface area contributed by atoms with Crippen LogP contribution < -0.4 is 0 Å². The second-order valence-electron chi connectivity index (χ2n) is 6.07. The Kier molecular flexibility index (Phi) is 5.36. The number of nitrogens with zero attached hydrogens (tertiary/aromatic N) is 3. The monoisotopic (exact) mass is 294 g/mol. The maximum absolute atomic E-state index is 11.8. The van der Waals surface area contributed by atoms with Crippen LogP contribution in [0.1, 0.15) is 31.4 Å². The van der Waals surface area contributed by atoms with E-state index in [1.807, 2.05) is 6.20 Å². The number of hydrogen-bond donors (Lipinski definition) is 1.